The number of rotatable bonds is 2. The standard InChI is InChI=1S/C18H6Cl6N2/c19-10-2-12(21)16(13(22)3-10)9-1-8(6-25)18(26-7-9)17-14(23)4-11(20)5-15(17)24/h1-5,7H. The molecule has 0 N–H and O–H groups in total. The minimum atomic E-state index is 0.260. The van der Waals surface area contributed by atoms with Gasteiger partial charge in [0.25, 0.3) is 0 Å². The average Bonchev–Trinajstić information content (AvgIpc) is 2.53. The smallest absolute Gasteiger partial charge is 0.101 e. The zero-order valence-electron chi connectivity index (χ0n) is 12.6. The third kappa shape index (κ3) is 3.75. The van der Waals surface area contributed by atoms with E-state index in [2.05, 4.69) is 11.1 Å². The van der Waals surface area contributed by atoms with Crippen LogP contribution in [0, 0.1) is 11.3 Å². The van der Waals surface area contributed by atoms with Gasteiger partial charge in [-0.2, -0.15) is 5.26 Å². The van der Waals surface area contributed by atoms with E-state index in [0.717, 1.165) is 0 Å². The van der Waals surface area contributed by atoms with Crippen molar-refractivity contribution < 1.29 is 0 Å². The summed E-state index contributed by atoms with van der Waals surface area (Å²) in [4.78, 5) is 4.37. The molecule has 3 rings (SSSR count). The Bertz CT molecular complexity index is 1030. The van der Waals surface area contributed by atoms with Crippen LogP contribution in [0.3, 0.4) is 0 Å². The molecule has 0 atom stereocenters. The van der Waals surface area contributed by atoms with Crippen LogP contribution >= 0.6 is 69.6 Å². The Labute approximate surface area is 179 Å². The zero-order valence-corrected chi connectivity index (χ0v) is 17.2. The second kappa shape index (κ2) is 7.82. The molecule has 0 aliphatic heterocycles. The summed E-state index contributed by atoms with van der Waals surface area (Å²) < 4.78 is 0. The molecule has 3 aromatic rings. The Balaban J connectivity index is 2.22. The maximum absolute atomic E-state index is 9.58. The molecule has 130 valence electrons. The Kier molecular flexibility index (Phi) is 5.89. The van der Waals surface area contributed by atoms with Gasteiger partial charge < -0.3 is 0 Å². The molecular formula is C18H6Cl6N2. The third-order valence-electron chi connectivity index (χ3n) is 3.55. The Morgan fingerprint density at radius 1 is 0.692 bits per heavy atom. The largest absolute Gasteiger partial charge is 0.254 e. The first kappa shape index (κ1) is 19.6. The molecule has 0 spiro atoms. The summed E-state index contributed by atoms with van der Waals surface area (Å²) in [5, 5.41) is 11.7. The molecular weight excluding hydrogens is 457 g/mol. The number of nitrogens with zero attached hydrogens (tertiary/aromatic N) is 2. The quantitative estimate of drug-likeness (QED) is 0.384. The molecule has 8 heteroatoms. The van der Waals surface area contributed by atoms with Gasteiger partial charge in [0.1, 0.15) is 6.07 Å². The van der Waals surface area contributed by atoms with Crippen molar-refractivity contribution in [1.82, 2.24) is 4.98 Å². The number of halogens is 6. The first-order chi connectivity index (χ1) is 12.3. The van der Waals surface area contributed by atoms with Gasteiger partial charge in [0.2, 0.25) is 0 Å². The Morgan fingerprint density at radius 2 is 1.15 bits per heavy atom. The topological polar surface area (TPSA) is 36.7 Å². The number of aromatic nitrogens is 1. The van der Waals surface area contributed by atoms with Crippen molar-refractivity contribution in [3.05, 3.63) is 72.2 Å². The van der Waals surface area contributed by atoms with Crippen molar-refractivity contribution in [3.8, 4) is 28.5 Å². The molecule has 0 unspecified atom stereocenters. The van der Waals surface area contributed by atoms with E-state index in [4.69, 9.17) is 69.6 Å². The van der Waals surface area contributed by atoms with E-state index in [1.165, 1.54) is 12.1 Å². The maximum atomic E-state index is 9.58. The van der Waals surface area contributed by atoms with Gasteiger partial charge in [-0.05, 0) is 30.3 Å². The average molecular weight is 463 g/mol. The number of pyridine rings is 1. The highest BCUT2D eigenvalue weighted by atomic mass is 35.5. The molecule has 0 amide bonds. The lowest BCUT2D eigenvalue weighted by molar-refractivity contribution is 1.30. The highest BCUT2D eigenvalue weighted by Crippen LogP contribution is 2.41. The van der Waals surface area contributed by atoms with E-state index in [1.54, 1.807) is 24.4 Å². The zero-order chi connectivity index (χ0) is 19.0. The van der Waals surface area contributed by atoms with Gasteiger partial charge >= 0.3 is 0 Å². The molecule has 26 heavy (non-hydrogen) atoms. The first-order valence-electron chi connectivity index (χ1n) is 7.01. The fourth-order valence-electron chi connectivity index (χ4n) is 2.47. The number of hydrogen-bond acceptors (Lipinski definition) is 2. The first-order valence-corrected chi connectivity index (χ1v) is 9.28. The van der Waals surface area contributed by atoms with E-state index < -0.39 is 0 Å². The summed E-state index contributed by atoms with van der Waals surface area (Å²) >= 11 is 36.9. The minimum Gasteiger partial charge on any atom is -0.254 e. The van der Waals surface area contributed by atoms with E-state index in [-0.39, 0.29) is 5.56 Å². The number of hydrogen-bond donors (Lipinski definition) is 0. The minimum absolute atomic E-state index is 0.260. The molecule has 0 saturated heterocycles. The fraction of sp³-hybridized carbons (Fsp3) is 0. The van der Waals surface area contributed by atoms with Gasteiger partial charge in [0, 0.05) is 32.9 Å². The Hall–Kier alpha value is -1.18. The number of nitriles is 1. The second-order valence-corrected chi connectivity index (χ2v) is 7.72. The van der Waals surface area contributed by atoms with Gasteiger partial charge in [-0.15, -0.1) is 0 Å². The van der Waals surface area contributed by atoms with Gasteiger partial charge in [0.05, 0.1) is 31.3 Å². The van der Waals surface area contributed by atoms with Crippen LogP contribution < -0.4 is 0 Å². The molecule has 0 bridgehead atoms. The highest BCUT2D eigenvalue weighted by molar-refractivity contribution is 6.42. The van der Waals surface area contributed by atoms with Crippen LogP contribution in [0.5, 0.6) is 0 Å². The van der Waals surface area contributed by atoms with Gasteiger partial charge in [-0.3, -0.25) is 4.98 Å². The summed E-state index contributed by atoms with van der Waals surface area (Å²) in [7, 11) is 0. The van der Waals surface area contributed by atoms with Gasteiger partial charge in [-0.25, -0.2) is 0 Å². The highest BCUT2D eigenvalue weighted by Gasteiger charge is 2.18. The molecule has 0 aliphatic rings. The molecule has 0 radical (unpaired) electrons. The molecule has 2 aromatic carbocycles. The van der Waals surface area contributed by atoms with Crippen molar-refractivity contribution in [2.75, 3.05) is 0 Å². The van der Waals surface area contributed by atoms with Crippen LogP contribution in [0.25, 0.3) is 22.4 Å². The molecule has 0 aliphatic carbocycles. The lowest BCUT2D eigenvalue weighted by Gasteiger charge is -2.12. The summed E-state index contributed by atoms with van der Waals surface area (Å²) in [6.07, 6.45) is 1.54. The lowest BCUT2D eigenvalue weighted by Crippen LogP contribution is -1.94. The van der Waals surface area contributed by atoms with Crippen LogP contribution in [-0.4, -0.2) is 4.98 Å². The van der Waals surface area contributed by atoms with Gasteiger partial charge in [-0.1, -0.05) is 69.6 Å². The molecule has 0 fully saturated rings. The number of benzene rings is 2. The predicted molar refractivity (Wildman–Crippen MR) is 110 cm³/mol. The summed E-state index contributed by atoms with van der Waals surface area (Å²) in [5.41, 5.74) is 2.12. The lowest BCUT2D eigenvalue weighted by atomic mass is 10.0. The monoisotopic (exact) mass is 460 g/mol. The van der Waals surface area contributed by atoms with Crippen LogP contribution in [0.2, 0.25) is 30.1 Å². The normalized spacial score (nSPS) is 10.7. The van der Waals surface area contributed by atoms with Crippen molar-refractivity contribution in [2.24, 2.45) is 0 Å². The second-order valence-electron chi connectivity index (χ2n) is 5.22. The van der Waals surface area contributed by atoms with Crippen molar-refractivity contribution in [2.45, 2.75) is 0 Å². The van der Waals surface area contributed by atoms with Crippen molar-refractivity contribution >= 4 is 69.6 Å². The van der Waals surface area contributed by atoms with Crippen LogP contribution in [0.1, 0.15) is 5.56 Å². The van der Waals surface area contributed by atoms with Crippen LogP contribution in [0.15, 0.2) is 36.5 Å². The molecule has 0 saturated carbocycles. The molecule has 1 heterocycles. The maximum Gasteiger partial charge on any atom is 0.101 e. The Morgan fingerprint density at radius 3 is 1.62 bits per heavy atom. The van der Waals surface area contributed by atoms with E-state index in [0.29, 0.717) is 52.5 Å². The third-order valence-corrected chi connectivity index (χ3v) is 5.18. The van der Waals surface area contributed by atoms with Crippen molar-refractivity contribution in [1.29, 1.82) is 5.26 Å². The van der Waals surface area contributed by atoms with Gasteiger partial charge in [0.15, 0.2) is 0 Å². The van der Waals surface area contributed by atoms with E-state index in [1.807, 2.05) is 0 Å². The summed E-state index contributed by atoms with van der Waals surface area (Å²) in [6, 6.07) is 9.92. The van der Waals surface area contributed by atoms with E-state index >= 15 is 0 Å². The predicted octanol–water partition coefficient (Wildman–Crippen LogP) is 8.21. The van der Waals surface area contributed by atoms with Crippen LogP contribution in [-0.2, 0) is 0 Å². The van der Waals surface area contributed by atoms with Crippen LogP contribution in [0.4, 0.5) is 0 Å². The molecule has 1 aromatic heterocycles. The van der Waals surface area contributed by atoms with Crippen molar-refractivity contribution in [3.63, 3.8) is 0 Å². The summed E-state index contributed by atoms with van der Waals surface area (Å²) in [5.74, 6) is 0. The molecule has 2 nitrogen and oxygen atoms in total. The summed E-state index contributed by atoms with van der Waals surface area (Å²) in [6.45, 7) is 0. The fourth-order valence-corrected chi connectivity index (χ4v) is 4.50. The SMILES string of the molecule is N#Cc1cc(-c2c(Cl)cc(Cl)cc2Cl)cnc1-c1c(Cl)cc(Cl)cc1Cl. The van der Waals surface area contributed by atoms with E-state index in [9.17, 15) is 5.26 Å².